The Labute approximate surface area is 56.4 Å². The van der Waals surface area contributed by atoms with Gasteiger partial charge in [0, 0.05) is 32.8 Å². The summed E-state index contributed by atoms with van der Waals surface area (Å²) in [7, 11) is 0. The van der Waals surface area contributed by atoms with Gasteiger partial charge in [-0.05, 0) is 12.1 Å². The molecule has 7 heavy (non-hydrogen) atoms. The Kier molecular flexibility index (Phi) is 3.88. The third-order valence-electron chi connectivity index (χ3n) is 0.566. The van der Waals surface area contributed by atoms with Crippen LogP contribution in [0.15, 0.2) is 30.6 Å². The molecule has 0 saturated heterocycles. The van der Waals surface area contributed by atoms with Gasteiger partial charge >= 0.3 is 0 Å². The molecule has 0 bridgehead atoms. The average molecular weight is 265 g/mol. The average Bonchev–Trinajstić information content (AvgIpc) is 1.72. The summed E-state index contributed by atoms with van der Waals surface area (Å²) in [5.41, 5.74) is 0. The molecule has 37 valence electrons. The monoisotopic (exact) mass is 266 g/mol. The smallest absolute Gasteiger partial charge is 0.0267 e. The van der Waals surface area contributed by atoms with Crippen LogP contribution < -0.4 is 0 Å². The second-order valence-electron chi connectivity index (χ2n) is 1.02. The fourth-order valence-electron chi connectivity index (χ4n) is 0.313. The van der Waals surface area contributed by atoms with Crippen LogP contribution in [0.3, 0.4) is 0 Å². The van der Waals surface area contributed by atoms with E-state index >= 15 is 0 Å². The first-order valence-corrected chi connectivity index (χ1v) is 1.85. The minimum Gasteiger partial charge on any atom is -0.265 e. The van der Waals surface area contributed by atoms with Crippen molar-refractivity contribution in [1.29, 1.82) is 0 Å². The van der Waals surface area contributed by atoms with Crippen molar-refractivity contribution in [3.05, 3.63) is 30.6 Å². The summed E-state index contributed by atoms with van der Waals surface area (Å²) in [5.74, 6) is 0. The summed E-state index contributed by atoms with van der Waals surface area (Å²) >= 11 is 0. The van der Waals surface area contributed by atoms with Crippen molar-refractivity contribution in [3.8, 4) is 0 Å². The van der Waals surface area contributed by atoms with Crippen molar-refractivity contribution < 1.29 is 20.4 Å². The molecule has 1 heterocycles. The quantitative estimate of drug-likeness (QED) is 0.684. The van der Waals surface area contributed by atoms with Crippen molar-refractivity contribution >= 4 is 0 Å². The summed E-state index contributed by atoms with van der Waals surface area (Å²) in [6.07, 6.45) is 3.50. The summed E-state index contributed by atoms with van der Waals surface area (Å²) in [6, 6.07) is 5.72. The number of hydrogen-bond acceptors (Lipinski definition) is 1. The zero-order chi connectivity index (χ0) is 4.24. The van der Waals surface area contributed by atoms with E-state index in [0.717, 1.165) is 0 Å². The van der Waals surface area contributed by atoms with Gasteiger partial charge in [-0.2, -0.15) is 0 Å². The Bertz CT molecular complexity index is 80.0. The molecule has 0 aromatic carbocycles. The van der Waals surface area contributed by atoms with Crippen LogP contribution in [0.1, 0.15) is 0 Å². The maximum Gasteiger partial charge on any atom is 0.0267 e. The van der Waals surface area contributed by atoms with Crippen LogP contribution in [0.25, 0.3) is 0 Å². The fourth-order valence-corrected chi connectivity index (χ4v) is 0.313. The van der Waals surface area contributed by atoms with Crippen molar-refractivity contribution in [2.24, 2.45) is 0 Å². The maximum absolute atomic E-state index is 3.78. The molecule has 0 atom stereocenters. The minimum absolute atomic E-state index is 0. The van der Waals surface area contributed by atoms with Crippen LogP contribution in [-0.2, 0) is 20.4 Å². The Hall–Kier alpha value is -0.188. The molecule has 1 nitrogen and oxygen atoms in total. The van der Waals surface area contributed by atoms with Gasteiger partial charge in [-0.3, -0.25) is 4.98 Å². The molecule has 1 aromatic rings. The van der Waals surface area contributed by atoms with Gasteiger partial charge in [-0.15, -0.1) is 0 Å². The van der Waals surface area contributed by atoms with Crippen LogP contribution in [0.5, 0.6) is 0 Å². The Morgan fingerprint density at radius 3 is 1.57 bits per heavy atom. The number of aromatic nitrogens is 1. The van der Waals surface area contributed by atoms with E-state index in [1.54, 1.807) is 12.4 Å². The first kappa shape index (κ1) is 6.81. The molecule has 0 aliphatic carbocycles. The molecular weight excluding hydrogens is 260 g/mol. The zero-order valence-electron chi connectivity index (χ0n) is 3.71. The SMILES string of the molecule is [Re].c1ccncc1. The van der Waals surface area contributed by atoms with Crippen molar-refractivity contribution in [3.63, 3.8) is 0 Å². The van der Waals surface area contributed by atoms with Crippen LogP contribution in [-0.4, -0.2) is 4.98 Å². The van der Waals surface area contributed by atoms with E-state index in [1.165, 1.54) is 0 Å². The Morgan fingerprint density at radius 1 is 0.857 bits per heavy atom. The van der Waals surface area contributed by atoms with Crippen molar-refractivity contribution in [2.45, 2.75) is 0 Å². The summed E-state index contributed by atoms with van der Waals surface area (Å²) in [6.45, 7) is 0. The van der Waals surface area contributed by atoms with Gasteiger partial charge in [-0.1, -0.05) is 6.07 Å². The van der Waals surface area contributed by atoms with Gasteiger partial charge in [0.05, 0.1) is 0 Å². The molecule has 1 rings (SSSR count). The molecule has 0 spiro atoms. The normalized spacial score (nSPS) is 6.86. The van der Waals surface area contributed by atoms with Crippen LogP contribution in [0, 0.1) is 0 Å². The van der Waals surface area contributed by atoms with Crippen LogP contribution in [0.2, 0.25) is 0 Å². The summed E-state index contributed by atoms with van der Waals surface area (Å²) in [4.78, 5) is 3.78. The van der Waals surface area contributed by atoms with Crippen LogP contribution in [0.4, 0.5) is 0 Å². The van der Waals surface area contributed by atoms with Crippen molar-refractivity contribution in [1.82, 2.24) is 4.98 Å². The topological polar surface area (TPSA) is 12.9 Å². The van der Waals surface area contributed by atoms with Gasteiger partial charge in [0.1, 0.15) is 0 Å². The fraction of sp³-hybridized carbons (Fsp3) is 0. The van der Waals surface area contributed by atoms with E-state index in [0.29, 0.717) is 0 Å². The molecule has 0 fully saturated rings. The molecule has 1 aromatic heterocycles. The molecule has 0 aliphatic heterocycles. The molecule has 2 heteroatoms. The Balaban J connectivity index is 0.000000360. The molecule has 0 N–H and O–H groups in total. The number of hydrogen-bond donors (Lipinski definition) is 0. The van der Waals surface area contributed by atoms with E-state index < -0.39 is 0 Å². The molecule has 0 unspecified atom stereocenters. The van der Waals surface area contributed by atoms with Gasteiger partial charge in [0.2, 0.25) is 0 Å². The van der Waals surface area contributed by atoms with E-state index in [1.807, 2.05) is 18.2 Å². The maximum atomic E-state index is 3.78. The van der Waals surface area contributed by atoms with Gasteiger partial charge < -0.3 is 0 Å². The Morgan fingerprint density at radius 2 is 1.43 bits per heavy atom. The van der Waals surface area contributed by atoms with E-state index in [9.17, 15) is 0 Å². The minimum atomic E-state index is 0. The van der Waals surface area contributed by atoms with E-state index in [2.05, 4.69) is 4.98 Å². The van der Waals surface area contributed by atoms with Gasteiger partial charge in [-0.25, -0.2) is 0 Å². The first-order chi connectivity index (χ1) is 3.00. The number of rotatable bonds is 0. The summed E-state index contributed by atoms with van der Waals surface area (Å²) < 4.78 is 0. The number of nitrogens with zero attached hydrogens (tertiary/aromatic N) is 1. The predicted octanol–water partition coefficient (Wildman–Crippen LogP) is 1.08. The second-order valence-corrected chi connectivity index (χ2v) is 1.02. The predicted molar refractivity (Wildman–Crippen MR) is 24.2 cm³/mol. The third kappa shape index (κ3) is 2.50. The second kappa shape index (κ2) is 3.98. The van der Waals surface area contributed by atoms with Crippen molar-refractivity contribution in [2.75, 3.05) is 0 Å². The first-order valence-electron chi connectivity index (χ1n) is 1.85. The largest absolute Gasteiger partial charge is 0.265 e. The number of pyridine rings is 1. The van der Waals surface area contributed by atoms with Gasteiger partial charge in [0.25, 0.3) is 0 Å². The third-order valence-corrected chi connectivity index (χ3v) is 0.566. The molecular formula is C5H5NRe. The van der Waals surface area contributed by atoms with E-state index in [-0.39, 0.29) is 20.4 Å². The summed E-state index contributed by atoms with van der Waals surface area (Å²) in [5, 5.41) is 0. The molecule has 0 amide bonds. The molecule has 1 radical (unpaired) electrons. The van der Waals surface area contributed by atoms with Gasteiger partial charge in [0.15, 0.2) is 0 Å². The molecule has 0 aliphatic rings. The van der Waals surface area contributed by atoms with E-state index in [4.69, 9.17) is 0 Å². The van der Waals surface area contributed by atoms with Crippen LogP contribution >= 0.6 is 0 Å². The molecule has 0 saturated carbocycles. The standard InChI is InChI=1S/C5H5N.Re/c1-2-4-6-5-3-1;/h1-5H;. The zero-order valence-corrected chi connectivity index (χ0v) is 6.43.